The molecule has 1 aromatic carbocycles. The Morgan fingerprint density at radius 3 is 2.44 bits per heavy atom. The van der Waals surface area contributed by atoms with E-state index in [1.165, 1.54) is 0 Å². The molecule has 0 unspecified atom stereocenters. The lowest BCUT2D eigenvalue weighted by molar-refractivity contribution is -0.118. The molecule has 1 rings (SSSR count). The molecule has 0 aliphatic heterocycles. The van der Waals surface area contributed by atoms with Crippen LogP contribution in [0.2, 0.25) is 0 Å². The van der Waals surface area contributed by atoms with Crippen LogP contribution in [0.15, 0.2) is 18.2 Å². The molecule has 86 valence electrons. The molecule has 2 amide bonds. The number of benzene rings is 1. The van der Waals surface area contributed by atoms with E-state index in [1.54, 1.807) is 18.2 Å². The maximum Gasteiger partial charge on any atom is 0.248 e. The van der Waals surface area contributed by atoms with E-state index in [-0.39, 0.29) is 11.8 Å². The average molecular weight is 332 g/mol. The number of hydrogen-bond acceptors (Lipinski definition) is 2. The van der Waals surface area contributed by atoms with Crippen LogP contribution in [0.25, 0.3) is 0 Å². The summed E-state index contributed by atoms with van der Waals surface area (Å²) in [4.78, 5) is 22.4. The summed E-state index contributed by atoms with van der Waals surface area (Å²) in [7, 11) is 0. The number of hydrogen-bond donors (Lipinski definition) is 2. The van der Waals surface area contributed by atoms with Crippen molar-refractivity contribution in [2.75, 3.05) is 5.32 Å². The first-order chi connectivity index (χ1) is 7.41. The van der Waals surface area contributed by atoms with Gasteiger partial charge in [0.1, 0.15) is 0 Å². The Morgan fingerprint density at radius 2 is 2.00 bits per heavy atom. The molecule has 0 aromatic heterocycles. The van der Waals surface area contributed by atoms with Crippen LogP contribution in [0.5, 0.6) is 0 Å². The van der Waals surface area contributed by atoms with Crippen LogP contribution in [-0.4, -0.2) is 11.8 Å². The highest BCUT2D eigenvalue weighted by molar-refractivity contribution is 14.1. The normalized spacial score (nSPS) is 10.2. The quantitative estimate of drug-likeness (QED) is 0.831. The molecule has 0 spiro atoms. The van der Waals surface area contributed by atoms with E-state index < -0.39 is 5.91 Å². The Balaban J connectivity index is 2.91. The summed E-state index contributed by atoms with van der Waals surface area (Å²) in [6.07, 6.45) is 0. The molecule has 0 radical (unpaired) electrons. The first-order valence-corrected chi connectivity index (χ1v) is 5.90. The van der Waals surface area contributed by atoms with Gasteiger partial charge in [-0.3, -0.25) is 9.59 Å². The number of rotatable bonds is 3. The molecular formula is C11H13IN2O2. The zero-order chi connectivity index (χ0) is 12.3. The summed E-state index contributed by atoms with van der Waals surface area (Å²) in [5.74, 6) is -0.601. The molecule has 4 nitrogen and oxygen atoms in total. The molecule has 0 heterocycles. The molecule has 0 aliphatic carbocycles. The minimum atomic E-state index is -0.473. The van der Waals surface area contributed by atoms with Crippen LogP contribution in [0.4, 0.5) is 5.69 Å². The van der Waals surface area contributed by atoms with Crippen molar-refractivity contribution in [3.8, 4) is 0 Å². The molecule has 0 atom stereocenters. The fourth-order valence-corrected chi connectivity index (χ4v) is 1.70. The number of nitrogens with one attached hydrogen (secondary N) is 1. The maximum absolute atomic E-state index is 11.5. The van der Waals surface area contributed by atoms with Gasteiger partial charge in [0.25, 0.3) is 0 Å². The van der Waals surface area contributed by atoms with Gasteiger partial charge in [0.05, 0.1) is 5.69 Å². The highest BCUT2D eigenvalue weighted by atomic mass is 127. The third kappa shape index (κ3) is 3.19. The van der Waals surface area contributed by atoms with Crippen molar-refractivity contribution in [3.63, 3.8) is 0 Å². The molecule has 5 heteroatoms. The number of carbonyl (C=O) groups excluding carboxylic acids is 2. The van der Waals surface area contributed by atoms with Crippen molar-refractivity contribution in [1.82, 2.24) is 0 Å². The number of nitrogens with two attached hydrogens (primary N) is 1. The van der Waals surface area contributed by atoms with Gasteiger partial charge >= 0.3 is 0 Å². The molecular weight excluding hydrogens is 319 g/mol. The van der Waals surface area contributed by atoms with Crippen LogP contribution in [0.1, 0.15) is 24.2 Å². The van der Waals surface area contributed by atoms with Gasteiger partial charge < -0.3 is 11.1 Å². The Kier molecular flexibility index (Phi) is 4.28. The van der Waals surface area contributed by atoms with E-state index in [4.69, 9.17) is 5.73 Å². The molecule has 0 saturated carbocycles. The van der Waals surface area contributed by atoms with Gasteiger partial charge in [0.2, 0.25) is 11.8 Å². The lowest BCUT2D eigenvalue weighted by Crippen LogP contribution is -2.19. The molecule has 0 aliphatic rings. The summed E-state index contributed by atoms with van der Waals surface area (Å²) in [6, 6.07) is 4.93. The first-order valence-electron chi connectivity index (χ1n) is 4.82. The van der Waals surface area contributed by atoms with Gasteiger partial charge in [-0.05, 0) is 40.8 Å². The Hall–Kier alpha value is -1.11. The van der Waals surface area contributed by atoms with Gasteiger partial charge in [-0.2, -0.15) is 0 Å². The predicted molar refractivity (Wildman–Crippen MR) is 71.1 cm³/mol. The summed E-state index contributed by atoms with van der Waals surface area (Å²) in [5.41, 5.74) is 6.29. The third-order valence-corrected chi connectivity index (χ3v) is 2.93. The van der Waals surface area contributed by atoms with Crippen LogP contribution < -0.4 is 11.1 Å². The van der Waals surface area contributed by atoms with Crippen molar-refractivity contribution in [1.29, 1.82) is 0 Å². The average Bonchev–Trinajstić information content (AvgIpc) is 2.20. The minimum Gasteiger partial charge on any atom is -0.366 e. The monoisotopic (exact) mass is 332 g/mol. The summed E-state index contributed by atoms with van der Waals surface area (Å²) in [6.45, 7) is 3.64. The number of carbonyl (C=O) groups is 2. The zero-order valence-electron chi connectivity index (χ0n) is 9.08. The fraction of sp³-hybridized carbons (Fsp3) is 0.273. The summed E-state index contributed by atoms with van der Waals surface area (Å²) >= 11 is 2.05. The van der Waals surface area contributed by atoms with E-state index in [0.29, 0.717) is 11.3 Å². The van der Waals surface area contributed by atoms with Gasteiger partial charge in [0.15, 0.2) is 0 Å². The van der Waals surface area contributed by atoms with Gasteiger partial charge in [-0.15, -0.1) is 0 Å². The van der Waals surface area contributed by atoms with E-state index in [2.05, 4.69) is 27.9 Å². The van der Waals surface area contributed by atoms with E-state index >= 15 is 0 Å². The molecule has 1 aromatic rings. The van der Waals surface area contributed by atoms with E-state index in [1.807, 2.05) is 13.8 Å². The minimum absolute atomic E-state index is 0.0512. The molecule has 3 N–H and O–H groups in total. The second kappa shape index (κ2) is 5.29. The van der Waals surface area contributed by atoms with Gasteiger partial charge in [0, 0.05) is 15.1 Å². The van der Waals surface area contributed by atoms with Crippen molar-refractivity contribution < 1.29 is 9.59 Å². The number of anilines is 1. The fourth-order valence-electron chi connectivity index (χ4n) is 1.05. The molecule has 0 bridgehead atoms. The van der Waals surface area contributed by atoms with Crippen molar-refractivity contribution in [3.05, 3.63) is 27.3 Å². The SMILES string of the molecule is CC(C)C(=O)Nc1ccc(C(N)=O)cc1I. The molecule has 16 heavy (non-hydrogen) atoms. The van der Waals surface area contributed by atoms with E-state index in [9.17, 15) is 9.59 Å². The van der Waals surface area contributed by atoms with Crippen LogP contribution in [0.3, 0.4) is 0 Å². The lowest BCUT2D eigenvalue weighted by atomic mass is 10.1. The standard InChI is InChI=1S/C11H13IN2O2/c1-6(2)11(16)14-9-4-3-7(10(13)15)5-8(9)12/h3-6H,1-2H3,(H2,13,15)(H,14,16). The lowest BCUT2D eigenvalue weighted by Gasteiger charge is -2.10. The number of halogens is 1. The highest BCUT2D eigenvalue weighted by Gasteiger charge is 2.10. The van der Waals surface area contributed by atoms with Gasteiger partial charge in [-0.1, -0.05) is 13.8 Å². The Bertz CT molecular complexity index is 430. The molecule has 0 fully saturated rings. The highest BCUT2D eigenvalue weighted by Crippen LogP contribution is 2.20. The van der Waals surface area contributed by atoms with Crippen molar-refractivity contribution in [2.24, 2.45) is 11.7 Å². The van der Waals surface area contributed by atoms with Crippen LogP contribution >= 0.6 is 22.6 Å². The second-order valence-corrected chi connectivity index (χ2v) is 4.87. The summed E-state index contributed by atoms with van der Waals surface area (Å²) < 4.78 is 0.794. The Labute approximate surface area is 108 Å². The van der Waals surface area contributed by atoms with Crippen LogP contribution in [0, 0.1) is 9.49 Å². The smallest absolute Gasteiger partial charge is 0.248 e. The summed E-state index contributed by atoms with van der Waals surface area (Å²) in [5, 5.41) is 2.78. The second-order valence-electron chi connectivity index (χ2n) is 3.70. The number of primary amides is 1. The number of amides is 2. The predicted octanol–water partition coefficient (Wildman–Crippen LogP) is 1.98. The Morgan fingerprint density at radius 1 is 1.38 bits per heavy atom. The largest absolute Gasteiger partial charge is 0.366 e. The van der Waals surface area contributed by atoms with Crippen molar-refractivity contribution in [2.45, 2.75) is 13.8 Å². The topological polar surface area (TPSA) is 72.2 Å². The maximum atomic E-state index is 11.5. The zero-order valence-corrected chi connectivity index (χ0v) is 11.2. The van der Waals surface area contributed by atoms with Gasteiger partial charge in [-0.25, -0.2) is 0 Å². The van der Waals surface area contributed by atoms with Crippen molar-refractivity contribution >= 4 is 40.1 Å². The van der Waals surface area contributed by atoms with Crippen LogP contribution in [-0.2, 0) is 4.79 Å². The third-order valence-electron chi connectivity index (χ3n) is 2.04. The molecule has 0 saturated heterocycles. The first kappa shape index (κ1) is 13.0. The van der Waals surface area contributed by atoms with E-state index in [0.717, 1.165) is 3.57 Å².